The topological polar surface area (TPSA) is 67.6 Å². The first-order valence-electron chi connectivity index (χ1n) is 6.60. The van der Waals surface area contributed by atoms with Crippen molar-refractivity contribution in [3.8, 4) is 22.9 Å². The fourth-order valence-electron chi connectivity index (χ4n) is 2.37. The van der Waals surface area contributed by atoms with Gasteiger partial charge in [0, 0.05) is 17.4 Å². The monoisotopic (exact) mass is 274 g/mol. The molecule has 4 heteroatoms. The van der Waals surface area contributed by atoms with Gasteiger partial charge in [0.2, 0.25) is 0 Å². The number of hydrogen-bond acceptors (Lipinski definition) is 3. The minimum Gasteiger partial charge on any atom is -0.399 e. The predicted octanol–water partition coefficient (Wildman–Crippen LogP) is 3.30. The smallest absolute Gasteiger partial charge is 0.101 e. The molecule has 0 saturated heterocycles. The maximum Gasteiger partial charge on any atom is 0.101 e. The van der Waals surface area contributed by atoms with Gasteiger partial charge in [-0.15, -0.1) is 0 Å². The van der Waals surface area contributed by atoms with Gasteiger partial charge in [-0.1, -0.05) is 24.3 Å². The molecule has 0 unspecified atom stereocenters. The normalized spacial score (nSPS) is 10.3. The number of aromatic nitrogens is 2. The summed E-state index contributed by atoms with van der Waals surface area (Å²) in [5.74, 6) is 0. The predicted molar refractivity (Wildman–Crippen MR) is 82.9 cm³/mol. The zero-order valence-corrected chi connectivity index (χ0v) is 11.6. The molecule has 0 aliphatic rings. The van der Waals surface area contributed by atoms with Gasteiger partial charge in [-0.25, -0.2) is 4.68 Å². The summed E-state index contributed by atoms with van der Waals surface area (Å²) in [6.45, 7) is 1.97. The standard InChI is InChI=1S/C17H14N4/c1-12-4-2-6-14(9-18)17(12)21-11-15(10-20-21)13-5-3-7-16(19)8-13/h2-8,10-11H,19H2,1H3. The minimum atomic E-state index is 0.609. The summed E-state index contributed by atoms with van der Waals surface area (Å²) >= 11 is 0. The molecule has 0 amide bonds. The molecule has 0 aliphatic carbocycles. The summed E-state index contributed by atoms with van der Waals surface area (Å²) in [5.41, 5.74) is 10.9. The number of anilines is 1. The number of nitrogens with zero attached hydrogens (tertiary/aromatic N) is 3. The fourth-order valence-corrected chi connectivity index (χ4v) is 2.37. The lowest BCUT2D eigenvalue weighted by molar-refractivity contribution is 0.869. The molecule has 2 N–H and O–H groups in total. The van der Waals surface area contributed by atoms with Gasteiger partial charge in [-0.2, -0.15) is 10.4 Å². The Morgan fingerprint density at radius 1 is 1.14 bits per heavy atom. The second-order valence-electron chi connectivity index (χ2n) is 4.88. The number of para-hydroxylation sites is 1. The molecule has 0 saturated carbocycles. The minimum absolute atomic E-state index is 0.609. The first-order valence-corrected chi connectivity index (χ1v) is 6.60. The maximum absolute atomic E-state index is 9.26. The van der Waals surface area contributed by atoms with Gasteiger partial charge in [-0.3, -0.25) is 0 Å². The van der Waals surface area contributed by atoms with Gasteiger partial charge >= 0.3 is 0 Å². The van der Waals surface area contributed by atoms with Crippen molar-refractivity contribution in [2.24, 2.45) is 0 Å². The molecule has 0 bridgehead atoms. The highest BCUT2D eigenvalue weighted by atomic mass is 15.3. The van der Waals surface area contributed by atoms with Gasteiger partial charge in [0.1, 0.15) is 6.07 Å². The molecule has 0 atom stereocenters. The first-order chi connectivity index (χ1) is 10.2. The van der Waals surface area contributed by atoms with Crippen molar-refractivity contribution >= 4 is 5.69 Å². The van der Waals surface area contributed by atoms with Crippen LogP contribution in [0.1, 0.15) is 11.1 Å². The highest BCUT2D eigenvalue weighted by Gasteiger charge is 2.10. The van der Waals surface area contributed by atoms with Crippen molar-refractivity contribution in [3.63, 3.8) is 0 Å². The van der Waals surface area contributed by atoms with Crippen LogP contribution in [0.2, 0.25) is 0 Å². The first kappa shape index (κ1) is 12.9. The second-order valence-corrected chi connectivity index (χ2v) is 4.88. The highest BCUT2D eigenvalue weighted by Crippen LogP contribution is 2.24. The molecule has 1 heterocycles. The molecule has 3 aromatic rings. The Morgan fingerprint density at radius 2 is 1.95 bits per heavy atom. The van der Waals surface area contributed by atoms with E-state index in [1.54, 1.807) is 16.9 Å². The van der Waals surface area contributed by atoms with E-state index in [1.807, 2.05) is 49.5 Å². The molecule has 102 valence electrons. The van der Waals surface area contributed by atoms with E-state index in [2.05, 4.69) is 11.2 Å². The lowest BCUT2D eigenvalue weighted by Gasteiger charge is -2.07. The summed E-state index contributed by atoms with van der Waals surface area (Å²) in [4.78, 5) is 0. The van der Waals surface area contributed by atoms with E-state index >= 15 is 0 Å². The largest absolute Gasteiger partial charge is 0.399 e. The van der Waals surface area contributed by atoms with E-state index in [4.69, 9.17) is 5.73 Å². The Balaban J connectivity index is 2.10. The molecule has 0 fully saturated rings. The quantitative estimate of drug-likeness (QED) is 0.729. The number of rotatable bonds is 2. The third kappa shape index (κ3) is 2.37. The van der Waals surface area contributed by atoms with Gasteiger partial charge in [0.15, 0.2) is 0 Å². The molecule has 1 aromatic heterocycles. The Kier molecular flexibility index (Phi) is 3.17. The summed E-state index contributed by atoms with van der Waals surface area (Å²) in [6, 6.07) is 15.5. The lowest BCUT2D eigenvalue weighted by Crippen LogP contribution is -2.00. The molecule has 21 heavy (non-hydrogen) atoms. The number of nitrogens with two attached hydrogens (primary N) is 1. The average molecular weight is 274 g/mol. The van der Waals surface area contributed by atoms with Crippen LogP contribution in [0.25, 0.3) is 16.8 Å². The molecule has 4 nitrogen and oxygen atoms in total. The Morgan fingerprint density at radius 3 is 2.71 bits per heavy atom. The van der Waals surface area contributed by atoms with Crippen LogP contribution in [0.5, 0.6) is 0 Å². The molecular weight excluding hydrogens is 260 g/mol. The van der Waals surface area contributed by atoms with Crippen LogP contribution in [-0.2, 0) is 0 Å². The third-order valence-electron chi connectivity index (χ3n) is 3.39. The summed E-state index contributed by atoms with van der Waals surface area (Å²) in [5, 5.41) is 13.6. The SMILES string of the molecule is Cc1cccc(C#N)c1-n1cc(-c2cccc(N)c2)cn1. The van der Waals surface area contributed by atoms with Crippen LogP contribution in [-0.4, -0.2) is 9.78 Å². The number of aryl methyl sites for hydroxylation is 1. The highest BCUT2D eigenvalue weighted by molar-refractivity contribution is 5.67. The summed E-state index contributed by atoms with van der Waals surface area (Å²) in [7, 11) is 0. The van der Waals surface area contributed by atoms with Gasteiger partial charge in [0.25, 0.3) is 0 Å². The van der Waals surface area contributed by atoms with Gasteiger partial charge < -0.3 is 5.73 Å². The van der Waals surface area contributed by atoms with Crippen molar-refractivity contribution in [2.45, 2.75) is 6.92 Å². The van der Waals surface area contributed by atoms with Crippen LogP contribution in [0.4, 0.5) is 5.69 Å². The van der Waals surface area contributed by atoms with Crippen LogP contribution in [0.15, 0.2) is 54.9 Å². The zero-order valence-electron chi connectivity index (χ0n) is 11.6. The molecule has 2 aromatic carbocycles. The van der Waals surface area contributed by atoms with Crippen molar-refractivity contribution < 1.29 is 0 Å². The molecular formula is C17H14N4. The van der Waals surface area contributed by atoms with Crippen molar-refractivity contribution in [3.05, 3.63) is 66.0 Å². The van der Waals surface area contributed by atoms with E-state index in [9.17, 15) is 5.26 Å². The van der Waals surface area contributed by atoms with Crippen LogP contribution >= 0.6 is 0 Å². The second kappa shape index (κ2) is 5.14. The molecule has 0 spiro atoms. The Labute approximate surface area is 123 Å². The Hall–Kier alpha value is -3.06. The zero-order chi connectivity index (χ0) is 14.8. The number of benzene rings is 2. The average Bonchev–Trinajstić information content (AvgIpc) is 2.96. The number of nitrogen functional groups attached to an aromatic ring is 1. The third-order valence-corrected chi connectivity index (χ3v) is 3.39. The number of hydrogen-bond donors (Lipinski definition) is 1. The van der Waals surface area contributed by atoms with Crippen LogP contribution in [0, 0.1) is 18.3 Å². The summed E-state index contributed by atoms with van der Waals surface area (Å²) in [6.07, 6.45) is 3.69. The van der Waals surface area contributed by atoms with Crippen molar-refractivity contribution in [1.29, 1.82) is 5.26 Å². The van der Waals surface area contributed by atoms with Crippen molar-refractivity contribution in [2.75, 3.05) is 5.73 Å². The molecule has 0 aliphatic heterocycles. The van der Waals surface area contributed by atoms with E-state index in [0.29, 0.717) is 11.3 Å². The van der Waals surface area contributed by atoms with Gasteiger partial charge in [0.05, 0.1) is 17.4 Å². The Bertz CT molecular complexity index is 840. The fraction of sp³-hybridized carbons (Fsp3) is 0.0588. The lowest BCUT2D eigenvalue weighted by atomic mass is 10.1. The van der Waals surface area contributed by atoms with E-state index in [0.717, 1.165) is 22.4 Å². The molecule has 0 radical (unpaired) electrons. The van der Waals surface area contributed by atoms with Crippen LogP contribution < -0.4 is 5.73 Å². The maximum atomic E-state index is 9.26. The van der Waals surface area contributed by atoms with E-state index in [-0.39, 0.29) is 0 Å². The van der Waals surface area contributed by atoms with E-state index < -0.39 is 0 Å². The number of nitriles is 1. The van der Waals surface area contributed by atoms with Crippen molar-refractivity contribution in [1.82, 2.24) is 9.78 Å². The van der Waals surface area contributed by atoms with Gasteiger partial charge in [-0.05, 0) is 36.2 Å². The van der Waals surface area contributed by atoms with E-state index in [1.165, 1.54) is 0 Å². The molecule has 3 rings (SSSR count). The van der Waals surface area contributed by atoms with Crippen LogP contribution in [0.3, 0.4) is 0 Å². The summed E-state index contributed by atoms with van der Waals surface area (Å²) < 4.78 is 1.74.